The highest BCUT2D eigenvalue weighted by molar-refractivity contribution is 6.06. The van der Waals surface area contributed by atoms with Crippen molar-refractivity contribution in [3.63, 3.8) is 0 Å². The highest BCUT2D eigenvalue weighted by Gasteiger charge is 2.19. The molecule has 108 valence electrons. The minimum Gasteiger partial charge on any atom is -0.496 e. The Morgan fingerprint density at radius 1 is 1.29 bits per heavy atom. The average Bonchev–Trinajstić information content (AvgIpc) is 2.96. The van der Waals surface area contributed by atoms with Crippen molar-refractivity contribution in [1.82, 2.24) is 0 Å². The van der Waals surface area contributed by atoms with Crippen LogP contribution in [-0.2, 0) is 6.42 Å². The van der Waals surface area contributed by atoms with Gasteiger partial charge in [-0.25, -0.2) is 0 Å². The molecule has 1 aliphatic heterocycles. The van der Waals surface area contributed by atoms with Crippen LogP contribution in [-0.4, -0.2) is 19.6 Å². The second kappa shape index (κ2) is 5.48. The third-order valence-corrected chi connectivity index (χ3v) is 3.59. The quantitative estimate of drug-likeness (QED) is 0.941. The zero-order valence-corrected chi connectivity index (χ0v) is 12.1. The van der Waals surface area contributed by atoms with Gasteiger partial charge in [0.15, 0.2) is 0 Å². The SMILES string of the molecule is COc1cc(C)ccc1C(=O)Nc1cccc2c1CCO2. The van der Waals surface area contributed by atoms with Crippen LogP contribution < -0.4 is 14.8 Å². The van der Waals surface area contributed by atoms with Crippen molar-refractivity contribution >= 4 is 11.6 Å². The summed E-state index contributed by atoms with van der Waals surface area (Å²) in [6, 6.07) is 11.2. The highest BCUT2D eigenvalue weighted by atomic mass is 16.5. The normalized spacial score (nSPS) is 12.5. The van der Waals surface area contributed by atoms with Gasteiger partial charge in [-0.3, -0.25) is 4.79 Å². The first-order valence-corrected chi connectivity index (χ1v) is 6.89. The molecular weight excluding hydrogens is 266 g/mol. The van der Waals surface area contributed by atoms with Crippen LogP contribution in [0.3, 0.4) is 0 Å². The molecule has 1 aliphatic rings. The van der Waals surface area contributed by atoms with E-state index in [0.29, 0.717) is 17.9 Å². The highest BCUT2D eigenvalue weighted by Crippen LogP contribution is 2.32. The predicted molar refractivity (Wildman–Crippen MR) is 81.3 cm³/mol. The first kappa shape index (κ1) is 13.5. The van der Waals surface area contributed by atoms with E-state index in [1.54, 1.807) is 13.2 Å². The average molecular weight is 283 g/mol. The maximum atomic E-state index is 12.5. The number of ether oxygens (including phenoxy) is 2. The molecule has 0 saturated carbocycles. The monoisotopic (exact) mass is 283 g/mol. The van der Waals surface area contributed by atoms with Gasteiger partial charge in [0.25, 0.3) is 5.91 Å². The lowest BCUT2D eigenvalue weighted by Gasteiger charge is -2.12. The molecule has 1 heterocycles. The number of anilines is 1. The number of hydrogen-bond donors (Lipinski definition) is 1. The Hall–Kier alpha value is -2.49. The van der Waals surface area contributed by atoms with E-state index < -0.39 is 0 Å². The Balaban J connectivity index is 1.89. The van der Waals surface area contributed by atoms with Crippen molar-refractivity contribution in [2.75, 3.05) is 19.0 Å². The summed E-state index contributed by atoms with van der Waals surface area (Å²) in [5, 5.41) is 2.95. The Morgan fingerprint density at radius 2 is 2.14 bits per heavy atom. The van der Waals surface area contributed by atoms with E-state index >= 15 is 0 Å². The van der Waals surface area contributed by atoms with Crippen LogP contribution in [0.15, 0.2) is 36.4 Å². The summed E-state index contributed by atoms with van der Waals surface area (Å²) in [5.74, 6) is 1.26. The summed E-state index contributed by atoms with van der Waals surface area (Å²) in [5.41, 5.74) is 3.44. The number of nitrogens with one attached hydrogen (secondary N) is 1. The van der Waals surface area contributed by atoms with Crippen molar-refractivity contribution in [3.05, 3.63) is 53.1 Å². The zero-order chi connectivity index (χ0) is 14.8. The van der Waals surface area contributed by atoms with E-state index in [1.165, 1.54) is 0 Å². The van der Waals surface area contributed by atoms with Crippen LogP contribution >= 0.6 is 0 Å². The summed E-state index contributed by atoms with van der Waals surface area (Å²) in [4.78, 5) is 12.5. The van der Waals surface area contributed by atoms with Gasteiger partial charge in [0.1, 0.15) is 11.5 Å². The van der Waals surface area contributed by atoms with Gasteiger partial charge in [-0.2, -0.15) is 0 Å². The lowest BCUT2D eigenvalue weighted by atomic mass is 10.1. The van der Waals surface area contributed by atoms with Gasteiger partial charge in [0.2, 0.25) is 0 Å². The molecule has 1 amide bonds. The van der Waals surface area contributed by atoms with E-state index in [2.05, 4.69) is 5.32 Å². The molecule has 2 aromatic rings. The molecule has 0 saturated heterocycles. The Labute approximate surface area is 123 Å². The molecule has 0 radical (unpaired) electrons. The molecule has 4 nitrogen and oxygen atoms in total. The van der Waals surface area contributed by atoms with Crippen LogP contribution in [0.4, 0.5) is 5.69 Å². The maximum absolute atomic E-state index is 12.5. The third-order valence-electron chi connectivity index (χ3n) is 3.59. The number of hydrogen-bond acceptors (Lipinski definition) is 3. The van der Waals surface area contributed by atoms with Gasteiger partial charge in [0, 0.05) is 17.7 Å². The van der Waals surface area contributed by atoms with E-state index in [-0.39, 0.29) is 5.91 Å². The molecule has 0 aliphatic carbocycles. The van der Waals surface area contributed by atoms with E-state index in [4.69, 9.17) is 9.47 Å². The molecule has 0 fully saturated rings. The summed E-state index contributed by atoms with van der Waals surface area (Å²) < 4.78 is 10.8. The van der Waals surface area contributed by atoms with Crippen LogP contribution in [0.25, 0.3) is 0 Å². The largest absolute Gasteiger partial charge is 0.496 e. The Kier molecular flexibility index (Phi) is 3.52. The first-order valence-electron chi connectivity index (χ1n) is 6.89. The predicted octanol–water partition coefficient (Wildman–Crippen LogP) is 3.19. The molecule has 0 atom stereocenters. The molecule has 0 bridgehead atoms. The number of aryl methyl sites for hydroxylation is 1. The molecule has 2 aromatic carbocycles. The van der Waals surface area contributed by atoms with Gasteiger partial charge < -0.3 is 14.8 Å². The van der Waals surface area contributed by atoms with E-state index in [0.717, 1.165) is 29.0 Å². The van der Waals surface area contributed by atoms with Gasteiger partial charge >= 0.3 is 0 Å². The lowest BCUT2D eigenvalue weighted by Crippen LogP contribution is -2.14. The Bertz CT molecular complexity index is 694. The number of benzene rings is 2. The van der Waals surface area contributed by atoms with E-state index in [1.807, 2.05) is 37.3 Å². The molecule has 0 spiro atoms. The number of fused-ring (bicyclic) bond motifs is 1. The summed E-state index contributed by atoms with van der Waals surface area (Å²) in [6.45, 7) is 2.63. The van der Waals surface area contributed by atoms with Gasteiger partial charge in [-0.05, 0) is 36.8 Å². The second-order valence-electron chi connectivity index (χ2n) is 5.04. The fourth-order valence-corrected chi connectivity index (χ4v) is 2.51. The van der Waals surface area contributed by atoms with Crippen LogP contribution in [0.5, 0.6) is 11.5 Å². The first-order chi connectivity index (χ1) is 10.2. The molecule has 1 N–H and O–H groups in total. The Morgan fingerprint density at radius 3 is 2.95 bits per heavy atom. The van der Waals surface area contributed by atoms with Crippen molar-refractivity contribution in [1.29, 1.82) is 0 Å². The van der Waals surface area contributed by atoms with E-state index in [9.17, 15) is 4.79 Å². The number of carbonyl (C=O) groups is 1. The second-order valence-corrected chi connectivity index (χ2v) is 5.04. The molecule has 0 unspecified atom stereocenters. The standard InChI is InChI=1S/C17H17NO3/c1-11-6-7-13(16(10-11)20-2)17(19)18-14-4-3-5-15-12(14)8-9-21-15/h3-7,10H,8-9H2,1-2H3,(H,18,19). The topological polar surface area (TPSA) is 47.6 Å². The van der Waals surface area contributed by atoms with Crippen LogP contribution in [0, 0.1) is 6.92 Å². The minimum absolute atomic E-state index is 0.174. The molecule has 4 heteroatoms. The van der Waals surface area contributed by atoms with Crippen LogP contribution in [0.1, 0.15) is 21.5 Å². The number of carbonyl (C=O) groups excluding carboxylic acids is 1. The fraction of sp³-hybridized carbons (Fsp3) is 0.235. The van der Waals surface area contributed by atoms with Crippen LogP contribution in [0.2, 0.25) is 0 Å². The van der Waals surface area contributed by atoms with Crippen molar-refractivity contribution in [2.24, 2.45) is 0 Å². The summed E-state index contributed by atoms with van der Waals surface area (Å²) in [7, 11) is 1.57. The lowest BCUT2D eigenvalue weighted by molar-refractivity contribution is 0.102. The smallest absolute Gasteiger partial charge is 0.259 e. The number of amides is 1. The van der Waals surface area contributed by atoms with Gasteiger partial charge in [-0.15, -0.1) is 0 Å². The third kappa shape index (κ3) is 2.57. The molecule has 0 aromatic heterocycles. The summed E-state index contributed by atoms with van der Waals surface area (Å²) >= 11 is 0. The fourth-order valence-electron chi connectivity index (χ4n) is 2.51. The van der Waals surface area contributed by atoms with Gasteiger partial charge in [-0.1, -0.05) is 12.1 Å². The summed E-state index contributed by atoms with van der Waals surface area (Å²) in [6.07, 6.45) is 0.816. The molecule has 3 rings (SSSR count). The number of methoxy groups -OCH3 is 1. The molecular formula is C17H17NO3. The van der Waals surface area contributed by atoms with Crippen molar-refractivity contribution in [3.8, 4) is 11.5 Å². The minimum atomic E-state index is -0.174. The zero-order valence-electron chi connectivity index (χ0n) is 12.1. The maximum Gasteiger partial charge on any atom is 0.259 e. The number of rotatable bonds is 3. The van der Waals surface area contributed by atoms with Crippen molar-refractivity contribution < 1.29 is 14.3 Å². The van der Waals surface area contributed by atoms with Gasteiger partial charge in [0.05, 0.1) is 19.3 Å². The van der Waals surface area contributed by atoms with Crippen molar-refractivity contribution in [2.45, 2.75) is 13.3 Å². The molecule has 21 heavy (non-hydrogen) atoms.